The van der Waals surface area contributed by atoms with Crippen molar-refractivity contribution in [1.29, 1.82) is 5.26 Å². The van der Waals surface area contributed by atoms with Crippen LogP contribution in [0.1, 0.15) is 36.9 Å². The highest BCUT2D eigenvalue weighted by Crippen LogP contribution is 2.17. The molecule has 0 amide bonds. The van der Waals surface area contributed by atoms with Gasteiger partial charge in [-0.1, -0.05) is 6.42 Å². The molecule has 0 aliphatic rings. The second kappa shape index (κ2) is 6.64. The van der Waals surface area contributed by atoms with Crippen molar-refractivity contribution in [2.24, 2.45) is 7.05 Å². The molecule has 0 spiro atoms. The van der Waals surface area contributed by atoms with Gasteiger partial charge in [0.1, 0.15) is 17.5 Å². The number of rotatable bonds is 7. The molecule has 0 saturated carbocycles. The molecule has 0 atom stereocenters. The topological polar surface area (TPSA) is 90.9 Å². The van der Waals surface area contributed by atoms with E-state index in [0.29, 0.717) is 24.2 Å². The van der Waals surface area contributed by atoms with Gasteiger partial charge in [-0.15, -0.1) is 0 Å². The molecule has 6 nitrogen and oxygen atoms in total. The minimum atomic E-state index is -0.753. The zero-order chi connectivity index (χ0) is 13.5. The molecule has 0 fully saturated rings. The largest absolute Gasteiger partial charge is 0.481 e. The Morgan fingerprint density at radius 1 is 1.50 bits per heavy atom. The number of aliphatic carboxylic acids is 1. The summed E-state index contributed by atoms with van der Waals surface area (Å²) in [6.07, 6.45) is 2.64. The van der Waals surface area contributed by atoms with Gasteiger partial charge in [-0.2, -0.15) is 10.4 Å². The molecule has 0 aliphatic carbocycles. The van der Waals surface area contributed by atoms with Crippen molar-refractivity contribution in [3.05, 3.63) is 11.3 Å². The molecule has 1 rings (SSSR count). The first-order valence-electron chi connectivity index (χ1n) is 5.95. The zero-order valence-corrected chi connectivity index (χ0v) is 10.7. The lowest BCUT2D eigenvalue weighted by Crippen LogP contribution is -2.07. The molecular weight excluding hydrogens is 232 g/mol. The van der Waals surface area contributed by atoms with Crippen molar-refractivity contribution in [2.45, 2.75) is 32.6 Å². The fourth-order valence-corrected chi connectivity index (χ4v) is 1.78. The average Bonchev–Trinajstić information content (AvgIpc) is 2.57. The average molecular weight is 250 g/mol. The SMILES string of the molecule is Cc1nn(C)c(NCCCCCC(=O)O)c1C#N. The van der Waals surface area contributed by atoms with Crippen LogP contribution in [0.3, 0.4) is 0 Å². The van der Waals surface area contributed by atoms with Gasteiger partial charge in [0, 0.05) is 20.0 Å². The van der Waals surface area contributed by atoms with Crippen LogP contribution in [0.2, 0.25) is 0 Å². The van der Waals surface area contributed by atoms with Crippen LogP contribution < -0.4 is 5.32 Å². The van der Waals surface area contributed by atoms with E-state index in [9.17, 15) is 4.79 Å². The second-order valence-corrected chi connectivity index (χ2v) is 4.18. The zero-order valence-electron chi connectivity index (χ0n) is 10.7. The number of unbranched alkanes of at least 4 members (excludes halogenated alkanes) is 2. The van der Waals surface area contributed by atoms with E-state index in [2.05, 4.69) is 16.5 Å². The van der Waals surface area contributed by atoms with Crippen LogP contribution in [0.5, 0.6) is 0 Å². The molecule has 0 aliphatic heterocycles. The molecular formula is C12H18N4O2. The van der Waals surface area contributed by atoms with Gasteiger partial charge < -0.3 is 10.4 Å². The highest BCUT2D eigenvalue weighted by Gasteiger charge is 2.11. The van der Waals surface area contributed by atoms with E-state index in [4.69, 9.17) is 10.4 Å². The molecule has 6 heteroatoms. The van der Waals surface area contributed by atoms with Crippen LogP contribution in [-0.2, 0) is 11.8 Å². The molecule has 2 N–H and O–H groups in total. The van der Waals surface area contributed by atoms with Crippen LogP contribution in [0.25, 0.3) is 0 Å². The number of carboxylic acids is 1. The van der Waals surface area contributed by atoms with E-state index in [-0.39, 0.29) is 6.42 Å². The highest BCUT2D eigenvalue weighted by molar-refractivity contribution is 5.66. The summed E-state index contributed by atoms with van der Waals surface area (Å²) in [5.74, 6) is -0.0229. The third-order valence-corrected chi connectivity index (χ3v) is 2.69. The van der Waals surface area contributed by atoms with E-state index >= 15 is 0 Å². The highest BCUT2D eigenvalue weighted by atomic mass is 16.4. The van der Waals surface area contributed by atoms with E-state index in [1.807, 2.05) is 0 Å². The van der Waals surface area contributed by atoms with Crippen LogP contribution in [-0.4, -0.2) is 27.4 Å². The maximum absolute atomic E-state index is 10.3. The number of carboxylic acid groups (broad SMARTS) is 1. The van der Waals surface area contributed by atoms with Gasteiger partial charge in [0.25, 0.3) is 0 Å². The van der Waals surface area contributed by atoms with Gasteiger partial charge in [-0.25, -0.2) is 0 Å². The molecule has 0 saturated heterocycles. The number of aromatic nitrogens is 2. The Hall–Kier alpha value is -2.03. The summed E-state index contributed by atoms with van der Waals surface area (Å²) in [7, 11) is 1.79. The number of nitrogens with one attached hydrogen (secondary N) is 1. The summed E-state index contributed by atoms with van der Waals surface area (Å²) in [5.41, 5.74) is 1.29. The van der Waals surface area contributed by atoms with Crippen LogP contribution in [0, 0.1) is 18.3 Å². The lowest BCUT2D eigenvalue weighted by Gasteiger charge is -2.06. The Balaban J connectivity index is 2.36. The van der Waals surface area contributed by atoms with Crippen LogP contribution in [0.15, 0.2) is 0 Å². The number of hydrogen-bond donors (Lipinski definition) is 2. The molecule has 18 heavy (non-hydrogen) atoms. The first-order valence-corrected chi connectivity index (χ1v) is 5.95. The van der Waals surface area contributed by atoms with Crippen molar-refractivity contribution in [3.8, 4) is 6.07 Å². The predicted octanol–water partition coefficient (Wildman–Crippen LogP) is 1.66. The van der Waals surface area contributed by atoms with Gasteiger partial charge >= 0.3 is 5.97 Å². The van der Waals surface area contributed by atoms with Gasteiger partial charge in [0.05, 0.1) is 5.69 Å². The number of aryl methyl sites for hydroxylation is 2. The van der Waals surface area contributed by atoms with Crippen molar-refractivity contribution in [2.75, 3.05) is 11.9 Å². The number of nitriles is 1. The fraction of sp³-hybridized carbons (Fsp3) is 0.583. The molecule has 1 aromatic heterocycles. The molecule has 98 valence electrons. The summed E-state index contributed by atoms with van der Waals surface area (Å²) >= 11 is 0. The Kier molecular flexibility index (Phi) is 5.18. The molecule has 0 bridgehead atoms. The maximum Gasteiger partial charge on any atom is 0.303 e. The van der Waals surface area contributed by atoms with Crippen LogP contribution in [0.4, 0.5) is 5.82 Å². The summed E-state index contributed by atoms with van der Waals surface area (Å²) in [4.78, 5) is 10.3. The Labute approximate surface area is 106 Å². The summed E-state index contributed by atoms with van der Waals surface area (Å²) in [6.45, 7) is 2.52. The quantitative estimate of drug-likeness (QED) is 0.718. The van der Waals surface area contributed by atoms with E-state index in [1.54, 1.807) is 18.7 Å². The Bertz CT molecular complexity index is 459. The number of hydrogen-bond acceptors (Lipinski definition) is 4. The first-order chi connectivity index (χ1) is 8.56. The molecule has 0 radical (unpaired) electrons. The second-order valence-electron chi connectivity index (χ2n) is 4.18. The Morgan fingerprint density at radius 2 is 2.22 bits per heavy atom. The fourth-order valence-electron chi connectivity index (χ4n) is 1.78. The van der Waals surface area contributed by atoms with Gasteiger partial charge in [-0.05, 0) is 19.8 Å². The van der Waals surface area contributed by atoms with Crippen molar-refractivity contribution >= 4 is 11.8 Å². The van der Waals surface area contributed by atoms with Crippen molar-refractivity contribution in [1.82, 2.24) is 9.78 Å². The van der Waals surface area contributed by atoms with E-state index < -0.39 is 5.97 Å². The number of anilines is 1. The van der Waals surface area contributed by atoms with Gasteiger partial charge in [0.2, 0.25) is 0 Å². The number of carbonyl (C=O) groups is 1. The smallest absolute Gasteiger partial charge is 0.303 e. The molecule has 0 aromatic carbocycles. The van der Waals surface area contributed by atoms with Crippen molar-refractivity contribution in [3.63, 3.8) is 0 Å². The Morgan fingerprint density at radius 3 is 2.83 bits per heavy atom. The molecule has 1 heterocycles. The monoisotopic (exact) mass is 250 g/mol. The number of nitrogens with zero attached hydrogens (tertiary/aromatic N) is 3. The third kappa shape index (κ3) is 3.77. The first kappa shape index (κ1) is 14.0. The molecule has 0 unspecified atom stereocenters. The van der Waals surface area contributed by atoms with Crippen LogP contribution >= 0.6 is 0 Å². The third-order valence-electron chi connectivity index (χ3n) is 2.69. The predicted molar refractivity (Wildman–Crippen MR) is 67.3 cm³/mol. The summed E-state index contributed by atoms with van der Waals surface area (Å²) in [6, 6.07) is 2.13. The lowest BCUT2D eigenvalue weighted by molar-refractivity contribution is -0.137. The maximum atomic E-state index is 10.3. The van der Waals surface area contributed by atoms with E-state index in [0.717, 1.165) is 18.7 Å². The molecule has 1 aromatic rings. The minimum absolute atomic E-state index is 0.217. The summed E-state index contributed by atoms with van der Waals surface area (Å²) < 4.78 is 1.66. The minimum Gasteiger partial charge on any atom is -0.481 e. The lowest BCUT2D eigenvalue weighted by atomic mass is 10.2. The van der Waals surface area contributed by atoms with E-state index in [1.165, 1.54) is 0 Å². The standard InChI is InChI=1S/C12H18N4O2/c1-9-10(8-13)12(16(2)15-9)14-7-5-3-4-6-11(17)18/h14H,3-7H2,1-2H3,(H,17,18). The van der Waals surface area contributed by atoms with Gasteiger partial charge in [0.15, 0.2) is 0 Å². The van der Waals surface area contributed by atoms with Crippen molar-refractivity contribution < 1.29 is 9.90 Å². The van der Waals surface area contributed by atoms with Gasteiger partial charge in [-0.3, -0.25) is 9.48 Å². The summed E-state index contributed by atoms with van der Waals surface area (Å²) in [5, 5.41) is 24.8. The normalized spacial score (nSPS) is 10.1.